The van der Waals surface area contributed by atoms with Gasteiger partial charge in [0.05, 0.1) is 30.7 Å². The molecule has 0 spiro atoms. The highest BCUT2D eigenvalue weighted by molar-refractivity contribution is 5.81. The fraction of sp³-hybridized carbons (Fsp3) is 0.500. The van der Waals surface area contributed by atoms with Gasteiger partial charge in [0.15, 0.2) is 0 Å². The van der Waals surface area contributed by atoms with E-state index in [0.29, 0.717) is 0 Å². The Balaban J connectivity index is 1.67. The second-order valence-electron chi connectivity index (χ2n) is 8.04. The summed E-state index contributed by atoms with van der Waals surface area (Å²) < 4.78 is 7.25. The van der Waals surface area contributed by atoms with E-state index < -0.39 is 0 Å². The largest absolute Gasteiger partial charge is 0.497 e. The summed E-state index contributed by atoms with van der Waals surface area (Å²) in [5, 5.41) is 7.90. The number of methoxy groups -OCH3 is 1. The van der Waals surface area contributed by atoms with Gasteiger partial charge in [0.25, 0.3) is 0 Å². The molecule has 1 N–H and O–H groups in total. The summed E-state index contributed by atoms with van der Waals surface area (Å²) in [7, 11) is 1.67. The number of aromatic nitrogens is 2. The molecule has 2 aliphatic rings. The van der Waals surface area contributed by atoms with E-state index in [1.54, 1.807) is 7.11 Å². The summed E-state index contributed by atoms with van der Waals surface area (Å²) in [6, 6.07) is 7.99. The molecule has 1 aromatic heterocycles. The Morgan fingerprint density at radius 1 is 1.28 bits per heavy atom. The van der Waals surface area contributed by atoms with Crippen molar-refractivity contribution in [3.63, 3.8) is 0 Å². The lowest BCUT2D eigenvalue weighted by molar-refractivity contribution is -0.123. The third-order valence-electron chi connectivity index (χ3n) is 5.26. The van der Waals surface area contributed by atoms with Crippen molar-refractivity contribution in [3.05, 3.63) is 41.7 Å². The molecule has 5 heteroatoms. The van der Waals surface area contributed by atoms with Crippen LogP contribution in [-0.2, 0) is 11.2 Å². The highest BCUT2D eigenvalue weighted by atomic mass is 16.5. The van der Waals surface area contributed by atoms with E-state index in [-0.39, 0.29) is 23.3 Å². The summed E-state index contributed by atoms with van der Waals surface area (Å²) in [6.45, 7) is 4.52. The highest BCUT2D eigenvalue weighted by Crippen LogP contribution is 2.42. The molecular formula is C20H25N3O2. The molecule has 0 unspecified atom stereocenters. The van der Waals surface area contributed by atoms with Gasteiger partial charge in [-0.3, -0.25) is 4.79 Å². The van der Waals surface area contributed by atoms with E-state index in [9.17, 15) is 4.79 Å². The number of carbonyl (C=O) groups excluding carboxylic acids is 1. The van der Waals surface area contributed by atoms with Gasteiger partial charge in [-0.25, -0.2) is 4.68 Å². The fourth-order valence-electron chi connectivity index (χ4n) is 3.75. The van der Waals surface area contributed by atoms with Crippen LogP contribution < -0.4 is 10.1 Å². The molecule has 1 heterocycles. The van der Waals surface area contributed by atoms with Crippen LogP contribution in [-0.4, -0.2) is 22.8 Å². The van der Waals surface area contributed by atoms with Gasteiger partial charge in [-0.05, 0) is 55.4 Å². The summed E-state index contributed by atoms with van der Waals surface area (Å²) in [5.41, 5.74) is 3.50. The lowest BCUT2D eigenvalue weighted by Gasteiger charge is -2.36. The van der Waals surface area contributed by atoms with Crippen molar-refractivity contribution in [1.82, 2.24) is 15.1 Å². The summed E-state index contributed by atoms with van der Waals surface area (Å²) >= 11 is 0. The van der Waals surface area contributed by atoms with Crippen LogP contribution in [0, 0.1) is 11.3 Å². The number of hydrogen-bond acceptors (Lipinski definition) is 3. The third-order valence-corrected chi connectivity index (χ3v) is 5.26. The van der Waals surface area contributed by atoms with Crippen LogP contribution in [0.5, 0.6) is 5.75 Å². The molecule has 2 aromatic rings. The Kier molecular flexibility index (Phi) is 3.82. The van der Waals surface area contributed by atoms with Crippen molar-refractivity contribution in [1.29, 1.82) is 0 Å². The molecule has 1 atom stereocenters. The van der Waals surface area contributed by atoms with Gasteiger partial charge in [-0.2, -0.15) is 5.10 Å². The van der Waals surface area contributed by atoms with Gasteiger partial charge in [0, 0.05) is 11.5 Å². The van der Waals surface area contributed by atoms with Gasteiger partial charge in [-0.15, -0.1) is 0 Å². The minimum atomic E-state index is 0.0545. The predicted molar refractivity (Wildman–Crippen MR) is 95.8 cm³/mol. The van der Waals surface area contributed by atoms with Crippen LogP contribution in [0.15, 0.2) is 30.5 Å². The number of carbonyl (C=O) groups is 1. The van der Waals surface area contributed by atoms with Crippen molar-refractivity contribution in [2.24, 2.45) is 11.3 Å². The number of ether oxygens (including phenoxy) is 1. The summed E-state index contributed by atoms with van der Waals surface area (Å²) in [5.74, 6) is 1.26. The van der Waals surface area contributed by atoms with E-state index in [1.165, 1.54) is 5.69 Å². The first-order chi connectivity index (χ1) is 12.0. The standard InChI is InChI=1S/C20H25N3O2/c1-20(2)10-17(22-19(24)13-4-5-13)16-12-21-23(18(16)11-20)14-6-8-15(25-3)9-7-14/h6-9,12-13,17H,4-5,10-11H2,1-3H3,(H,22,24)/t17-/m0/s1. The SMILES string of the molecule is COc1ccc(-n2ncc3c2CC(C)(C)C[C@@H]3NC(=O)C2CC2)cc1. The second kappa shape index (κ2) is 5.90. The smallest absolute Gasteiger partial charge is 0.223 e. The van der Waals surface area contributed by atoms with Gasteiger partial charge >= 0.3 is 0 Å². The van der Waals surface area contributed by atoms with E-state index in [0.717, 1.165) is 42.7 Å². The number of nitrogens with zero attached hydrogens (tertiary/aromatic N) is 2. The molecule has 0 saturated heterocycles. The number of benzene rings is 1. The normalized spacial score (nSPS) is 21.5. The Labute approximate surface area is 148 Å². The molecule has 25 heavy (non-hydrogen) atoms. The van der Waals surface area contributed by atoms with Crippen LogP contribution in [0.25, 0.3) is 5.69 Å². The number of nitrogens with one attached hydrogen (secondary N) is 1. The molecule has 2 aliphatic carbocycles. The van der Waals surface area contributed by atoms with Crippen LogP contribution >= 0.6 is 0 Å². The maximum Gasteiger partial charge on any atom is 0.223 e. The van der Waals surface area contributed by atoms with Crippen molar-refractivity contribution in [3.8, 4) is 11.4 Å². The fourth-order valence-corrected chi connectivity index (χ4v) is 3.75. The van der Waals surface area contributed by atoms with E-state index in [2.05, 4.69) is 24.3 Å². The number of amides is 1. The van der Waals surface area contributed by atoms with E-state index >= 15 is 0 Å². The molecule has 0 aliphatic heterocycles. The minimum Gasteiger partial charge on any atom is -0.497 e. The Bertz CT molecular complexity index is 788. The molecule has 1 amide bonds. The van der Waals surface area contributed by atoms with E-state index in [4.69, 9.17) is 4.74 Å². The average molecular weight is 339 g/mol. The molecular weight excluding hydrogens is 314 g/mol. The zero-order chi connectivity index (χ0) is 17.6. The molecule has 0 bridgehead atoms. The van der Waals surface area contributed by atoms with Crippen LogP contribution in [0.4, 0.5) is 0 Å². The number of hydrogen-bond donors (Lipinski definition) is 1. The molecule has 0 radical (unpaired) electrons. The Morgan fingerprint density at radius 3 is 2.64 bits per heavy atom. The first kappa shape index (κ1) is 16.2. The lowest BCUT2D eigenvalue weighted by atomic mass is 9.74. The quantitative estimate of drug-likeness (QED) is 0.928. The molecule has 1 aromatic carbocycles. The lowest BCUT2D eigenvalue weighted by Crippen LogP contribution is -2.37. The molecule has 1 saturated carbocycles. The van der Waals surface area contributed by atoms with Gasteiger partial charge in [0.1, 0.15) is 5.75 Å². The minimum absolute atomic E-state index is 0.0545. The van der Waals surface area contributed by atoms with E-state index in [1.807, 2.05) is 35.1 Å². The van der Waals surface area contributed by atoms with Gasteiger partial charge < -0.3 is 10.1 Å². The number of rotatable bonds is 4. The van der Waals surface area contributed by atoms with Crippen molar-refractivity contribution >= 4 is 5.91 Å². The third kappa shape index (κ3) is 3.15. The topological polar surface area (TPSA) is 56.1 Å². The van der Waals surface area contributed by atoms with Crippen molar-refractivity contribution < 1.29 is 9.53 Å². The predicted octanol–water partition coefficient (Wildman–Crippen LogP) is 3.42. The van der Waals surface area contributed by atoms with Crippen molar-refractivity contribution in [2.75, 3.05) is 7.11 Å². The maximum absolute atomic E-state index is 12.3. The maximum atomic E-state index is 12.3. The monoisotopic (exact) mass is 339 g/mol. The van der Waals surface area contributed by atoms with Gasteiger partial charge in [0.2, 0.25) is 5.91 Å². The van der Waals surface area contributed by atoms with Crippen LogP contribution in [0.1, 0.15) is 50.4 Å². The summed E-state index contributed by atoms with van der Waals surface area (Å²) in [4.78, 5) is 12.3. The Morgan fingerprint density at radius 2 is 2.00 bits per heavy atom. The molecule has 132 valence electrons. The number of fused-ring (bicyclic) bond motifs is 1. The highest BCUT2D eigenvalue weighted by Gasteiger charge is 2.38. The zero-order valence-electron chi connectivity index (χ0n) is 15.1. The van der Waals surface area contributed by atoms with Crippen LogP contribution in [0.3, 0.4) is 0 Å². The first-order valence-electron chi connectivity index (χ1n) is 8.98. The second-order valence-corrected chi connectivity index (χ2v) is 8.04. The Hall–Kier alpha value is -2.30. The first-order valence-corrected chi connectivity index (χ1v) is 8.98. The van der Waals surface area contributed by atoms with Crippen molar-refractivity contribution in [2.45, 2.75) is 45.6 Å². The molecule has 4 rings (SSSR count). The summed E-state index contributed by atoms with van der Waals surface area (Å²) in [6.07, 6.45) is 5.88. The average Bonchev–Trinajstić information content (AvgIpc) is 3.35. The molecule has 1 fully saturated rings. The van der Waals surface area contributed by atoms with Gasteiger partial charge in [-0.1, -0.05) is 13.8 Å². The zero-order valence-corrected chi connectivity index (χ0v) is 15.1. The molecule has 5 nitrogen and oxygen atoms in total. The van der Waals surface area contributed by atoms with Crippen LogP contribution in [0.2, 0.25) is 0 Å².